The van der Waals surface area contributed by atoms with Crippen LogP contribution in [0.3, 0.4) is 0 Å². The predicted octanol–water partition coefficient (Wildman–Crippen LogP) is 2.42. The molecule has 0 saturated carbocycles. The molecule has 0 fully saturated rings. The summed E-state index contributed by atoms with van der Waals surface area (Å²) in [7, 11) is 1.46. The van der Waals surface area contributed by atoms with Gasteiger partial charge in [-0.1, -0.05) is 0 Å². The molecule has 0 unspecified atom stereocenters. The number of aryl methyl sites for hydroxylation is 1. The molecule has 0 spiro atoms. The highest BCUT2D eigenvalue weighted by Gasteiger charge is 2.24. The molecule has 0 saturated heterocycles. The molecule has 2 amide bonds. The minimum Gasteiger partial charge on any atom is -0.479 e. The molecule has 1 aliphatic rings. The van der Waals surface area contributed by atoms with Crippen LogP contribution in [0.15, 0.2) is 18.2 Å². The minimum atomic E-state index is -0.507. The number of thiazole rings is 1. The van der Waals surface area contributed by atoms with Crippen molar-refractivity contribution in [2.45, 2.75) is 20.0 Å². The van der Waals surface area contributed by atoms with Gasteiger partial charge in [-0.05, 0) is 32.0 Å². The lowest BCUT2D eigenvalue weighted by atomic mass is 10.1. The number of hydrogen-bond donors (Lipinski definition) is 2. The smallest absolute Gasteiger partial charge is 0.265 e. The molecule has 1 aromatic heterocycles. The van der Waals surface area contributed by atoms with Gasteiger partial charge in [0.15, 0.2) is 11.2 Å². The summed E-state index contributed by atoms with van der Waals surface area (Å²) in [6.45, 7) is 3.61. The monoisotopic (exact) mass is 347 g/mol. The third kappa shape index (κ3) is 3.24. The van der Waals surface area contributed by atoms with Gasteiger partial charge in [-0.25, -0.2) is 4.98 Å². The number of hydrogen-bond acceptors (Lipinski definition) is 6. The highest BCUT2D eigenvalue weighted by atomic mass is 32.1. The van der Waals surface area contributed by atoms with E-state index < -0.39 is 6.10 Å². The van der Waals surface area contributed by atoms with Crippen LogP contribution in [0.5, 0.6) is 5.75 Å². The van der Waals surface area contributed by atoms with E-state index in [1.54, 1.807) is 6.92 Å². The number of carbonyl (C=O) groups is 2. The van der Waals surface area contributed by atoms with Crippen LogP contribution in [0.25, 0.3) is 11.3 Å². The Kier molecular flexibility index (Phi) is 4.50. The lowest BCUT2D eigenvalue weighted by Gasteiger charge is -2.23. The lowest BCUT2D eigenvalue weighted by Crippen LogP contribution is -2.34. The average Bonchev–Trinajstić information content (AvgIpc) is 2.88. The molecule has 8 heteroatoms. The number of aromatic nitrogens is 1. The fourth-order valence-electron chi connectivity index (χ4n) is 2.36. The van der Waals surface area contributed by atoms with Crippen molar-refractivity contribution in [1.29, 1.82) is 0 Å². The van der Waals surface area contributed by atoms with Gasteiger partial charge in [0, 0.05) is 17.6 Å². The fourth-order valence-corrected chi connectivity index (χ4v) is 3.21. The Morgan fingerprint density at radius 3 is 3.04 bits per heavy atom. The van der Waals surface area contributed by atoms with Gasteiger partial charge in [0.05, 0.1) is 11.4 Å². The number of anilines is 2. The summed E-state index contributed by atoms with van der Waals surface area (Å²) < 4.78 is 10.3. The van der Waals surface area contributed by atoms with E-state index in [2.05, 4.69) is 15.6 Å². The topological polar surface area (TPSA) is 89.5 Å². The predicted molar refractivity (Wildman–Crippen MR) is 91.5 cm³/mol. The second-order valence-corrected chi connectivity index (χ2v) is 6.57. The van der Waals surface area contributed by atoms with E-state index in [-0.39, 0.29) is 18.4 Å². The van der Waals surface area contributed by atoms with E-state index in [9.17, 15) is 9.59 Å². The first-order valence-corrected chi connectivity index (χ1v) is 8.17. The standard InChI is InChI=1S/C16H17N3O4S/c1-8-15(21)17-11-6-10(4-5-12(11)23-8)14-9(2)24-16(19-14)18-13(20)7-22-3/h4-6,8H,7H2,1-3H3,(H,17,21)(H,18,19,20)/t8-/m1/s1. The van der Waals surface area contributed by atoms with Crippen LogP contribution >= 0.6 is 11.3 Å². The third-order valence-electron chi connectivity index (χ3n) is 3.50. The number of nitrogens with one attached hydrogen (secondary N) is 2. The molecule has 0 aliphatic carbocycles. The molecule has 2 heterocycles. The highest BCUT2D eigenvalue weighted by Crippen LogP contribution is 2.36. The summed E-state index contributed by atoms with van der Waals surface area (Å²) in [4.78, 5) is 28.8. The summed E-state index contributed by atoms with van der Waals surface area (Å²) in [5.41, 5.74) is 2.21. The number of fused-ring (bicyclic) bond motifs is 1. The Morgan fingerprint density at radius 1 is 1.50 bits per heavy atom. The normalized spacial score (nSPS) is 16.1. The van der Waals surface area contributed by atoms with Crippen LogP contribution in [0, 0.1) is 6.92 Å². The highest BCUT2D eigenvalue weighted by molar-refractivity contribution is 7.16. The maximum atomic E-state index is 11.7. The Bertz CT molecular complexity index is 803. The zero-order valence-corrected chi connectivity index (χ0v) is 14.3. The SMILES string of the molecule is COCC(=O)Nc1nc(-c2ccc3c(c2)NC(=O)[C@@H](C)O3)c(C)s1. The van der Waals surface area contributed by atoms with Crippen molar-refractivity contribution in [3.8, 4) is 17.0 Å². The molecule has 3 rings (SSSR count). The van der Waals surface area contributed by atoms with Crippen LogP contribution in [0.1, 0.15) is 11.8 Å². The van der Waals surface area contributed by atoms with Gasteiger partial charge in [0.1, 0.15) is 12.4 Å². The van der Waals surface area contributed by atoms with Crippen molar-refractivity contribution in [3.63, 3.8) is 0 Å². The molecule has 0 bridgehead atoms. The molecular weight excluding hydrogens is 330 g/mol. The van der Waals surface area contributed by atoms with Crippen molar-refractivity contribution in [2.24, 2.45) is 0 Å². The van der Waals surface area contributed by atoms with Gasteiger partial charge >= 0.3 is 0 Å². The van der Waals surface area contributed by atoms with Crippen LogP contribution in [0.2, 0.25) is 0 Å². The molecule has 0 radical (unpaired) electrons. The summed E-state index contributed by atoms with van der Waals surface area (Å²) in [6, 6.07) is 5.51. The van der Waals surface area contributed by atoms with Gasteiger partial charge < -0.3 is 14.8 Å². The number of carbonyl (C=O) groups excluding carboxylic acids is 2. The quantitative estimate of drug-likeness (QED) is 0.886. The van der Waals surface area contributed by atoms with E-state index in [4.69, 9.17) is 9.47 Å². The Labute approximate surface area is 143 Å². The fraction of sp³-hybridized carbons (Fsp3) is 0.312. The molecule has 7 nitrogen and oxygen atoms in total. The molecule has 1 aromatic carbocycles. The maximum Gasteiger partial charge on any atom is 0.265 e. The van der Waals surface area contributed by atoms with Gasteiger partial charge in [-0.2, -0.15) is 0 Å². The van der Waals surface area contributed by atoms with Gasteiger partial charge in [-0.15, -0.1) is 11.3 Å². The molecule has 1 aliphatic heterocycles. The van der Waals surface area contributed by atoms with E-state index >= 15 is 0 Å². The summed E-state index contributed by atoms with van der Waals surface area (Å²) in [5.74, 6) is 0.201. The van der Waals surface area contributed by atoms with Gasteiger partial charge in [0.25, 0.3) is 11.8 Å². The van der Waals surface area contributed by atoms with Gasteiger partial charge in [-0.3, -0.25) is 14.9 Å². The number of methoxy groups -OCH3 is 1. The summed E-state index contributed by atoms with van der Waals surface area (Å²) >= 11 is 1.38. The lowest BCUT2D eigenvalue weighted by molar-refractivity contribution is -0.122. The van der Waals surface area contributed by atoms with Crippen LogP contribution in [0.4, 0.5) is 10.8 Å². The first kappa shape index (κ1) is 16.4. The molecule has 1 atom stereocenters. The number of nitrogens with zero attached hydrogens (tertiary/aromatic N) is 1. The molecular formula is C16H17N3O4S. The van der Waals surface area contributed by atoms with E-state index in [1.165, 1.54) is 18.4 Å². The molecule has 24 heavy (non-hydrogen) atoms. The second-order valence-electron chi connectivity index (χ2n) is 5.37. The maximum absolute atomic E-state index is 11.7. The minimum absolute atomic E-state index is 0.0195. The Hall–Kier alpha value is -2.45. The first-order valence-electron chi connectivity index (χ1n) is 7.36. The van der Waals surface area contributed by atoms with Crippen molar-refractivity contribution >= 4 is 34.0 Å². The van der Waals surface area contributed by atoms with Crippen molar-refractivity contribution in [3.05, 3.63) is 23.1 Å². The largest absolute Gasteiger partial charge is 0.479 e. The van der Waals surface area contributed by atoms with Crippen molar-refractivity contribution in [2.75, 3.05) is 24.4 Å². The molecule has 2 aromatic rings. The summed E-state index contributed by atoms with van der Waals surface area (Å²) in [6.07, 6.45) is -0.507. The number of rotatable bonds is 4. The Balaban J connectivity index is 1.87. The van der Waals surface area contributed by atoms with Crippen molar-refractivity contribution in [1.82, 2.24) is 4.98 Å². The molecule has 126 valence electrons. The van der Waals surface area contributed by atoms with Crippen molar-refractivity contribution < 1.29 is 19.1 Å². The zero-order valence-electron chi connectivity index (χ0n) is 13.5. The van der Waals surface area contributed by atoms with E-state index in [1.807, 2.05) is 25.1 Å². The third-order valence-corrected chi connectivity index (χ3v) is 4.39. The van der Waals surface area contributed by atoms with E-state index in [0.29, 0.717) is 16.6 Å². The zero-order chi connectivity index (χ0) is 17.3. The second kappa shape index (κ2) is 6.58. The van der Waals surface area contributed by atoms with Crippen LogP contribution < -0.4 is 15.4 Å². The Morgan fingerprint density at radius 2 is 2.29 bits per heavy atom. The van der Waals surface area contributed by atoms with Crippen LogP contribution in [-0.4, -0.2) is 36.6 Å². The van der Waals surface area contributed by atoms with Crippen LogP contribution in [-0.2, 0) is 14.3 Å². The summed E-state index contributed by atoms with van der Waals surface area (Å²) in [5, 5.41) is 6.03. The number of amides is 2. The number of benzene rings is 1. The number of ether oxygens (including phenoxy) is 2. The first-order chi connectivity index (χ1) is 11.5. The molecule has 2 N–H and O–H groups in total. The van der Waals surface area contributed by atoms with E-state index in [0.717, 1.165) is 16.1 Å². The van der Waals surface area contributed by atoms with Gasteiger partial charge in [0.2, 0.25) is 0 Å². The average molecular weight is 347 g/mol.